The fourth-order valence-corrected chi connectivity index (χ4v) is 6.22. The number of carbonyl (C=O) groups is 3. The van der Waals surface area contributed by atoms with Gasteiger partial charge in [0.15, 0.2) is 5.13 Å². The summed E-state index contributed by atoms with van der Waals surface area (Å²) < 4.78 is 5.26. The Morgan fingerprint density at radius 1 is 1.15 bits per heavy atom. The van der Waals surface area contributed by atoms with Gasteiger partial charge >= 0.3 is 5.97 Å². The van der Waals surface area contributed by atoms with Crippen molar-refractivity contribution in [3.63, 3.8) is 0 Å². The van der Waals surface area contributed by atoms with E-state index in [1.54, 1.807) is 16.0 Å². The van der Waals surface area contributed by atoms with Crippen LogP contribution in [0.1, 0.15) is 38.5 Å². The van der Waals surface area contributed by atoms with E-state index in [0.717, 1.165) is 41.6 Å². The molecule has 1 N–H and O–H groups in total. The molecule has 1 saturated carbocycles. The summed E-state index contributed by atoms with van der Waals surface area (Å²) in [5.41, 5.74) is 3.54. The van der Waals surface area contributed by atoms with Gasteiger partial charge in [0, 0.05) is 53.5 Å². The van der Waals surface area contributed by atoms with Crippen LogP contribution in [0.25, 0.3) is 22.4 Å². The zero-order valence-electron chi connectivity index (χ0n) is 21.5. The number of hydrogen-bond donors (Lipinski definition) is 1. The zero-order valence-corrected chi connectivity index (χ0v) is 22.3. The highest BCUT2D eigenvalue weighted by molar-refractivity contribution is 7.14. The average molecular weight is 547 g/mol. The maximum absolute atomic E-state index is 13.7. The molecule has 39 heavy (non-hydrogen) atoms. The minimum atomic E-state index is -0.966. The van der Waals surface area contributed by atoms with Crippen molar-refractivity contribution in [1.29, 1.82) is 0 Å². The number of thiazole rings is 1. The van der Waals surface area contributed by atoms with Crippen LogP contribution in [0.5, 0.6) is 0 Å². The summed E-state index contributed by atoms with van der Waals surface area (Å²) in [7, 11) is 0. The third kappa shape index (κ3) is 5.44. The van der Waals surface area contributed by atoms with Gasteiger partial charge < -0.3 is 9.84 Å². The van der Waals surface area contributed by atoms with Crippen molar-refractivity contribution in [2.75, 3.05) is 29.6 Å². The first kappa shape index (κ1) is 25.6. The van der Waals surface area contributed by atoms with Crippen molar-refractivity contribution < 1.29 is 24.2 Å². The monoisotopic (exact) mass is 546 g/mol. The molecule has 2 aliphatic heterocycles. The van der Waals surface area contributed by atoms with Crippen molar-refractivity contribution in [2.45, 2.75) is 44.6 Å². The van der Waals surface area contributed by atoms with Crippen LogP contribution in [0.2, 0.25) is 0 Å². The Labute approximate surface area is 230 Å². The number of ether oxygens (including phenoxy) is 1. The Kier molecular flexibility index (Phi) is 7.14. The highest BCUT2D eigenvalue weighted by atomic mass is 32.1. The molecule has 1 aromatic carbocycles. The third-order valence-corrected chi connectivity index (χ3v) is 8.39. The average Bonchev–Trinajstić information content (AvgIpc) is 3.46. The highest BCUT2D eigenvalue weighted by Crippen LogP contribution is 2.40. The molecule has 3 fully saturated rings. The smallest absolute Gasteiger partial charge is 0.304 e. The van der Waals surface area contributed by atoms with Gasteiger partial charge in [-0.25, -0.2) is 9.97 Å². The van der Waals surface area contributed by atoms with E-state index >= 15 is 0 Å². The van der Waals surface area contributed by atoms with Crippen molar-refractivity contribution in [3.8, 4) is 22.4 Å². The van der Waals surface area contributed by atoms with Crippen LogP contribution < -0.4 is 9.80 Å². The minimum Gasteiger partial charge on any atom is -0.481 e. The lowest BCUT2D eigenvalue weighted by Gasteiger charge is -2.31. The van der Waals surface area contributed by atoms with E-state index in [0.29, 0.717) is 43.5 Å². The van der Waals surface area contributed by atoms with Crippen molar-refractivity contribution in [2.24, 2.45) is 11.8 Å². The summed E-state index contributed by atoms with van der Waals surface area (Å²) in [5.74, 6) is -0.723. The zero-order chi connectivity index (χ0) is 26.9. The minimum absolute atomic E-state index is 0.0609. The molecule has 1 aliphatic carbocycles. The molecule has 3 aliphatic rings. The number of carbonyl (C=O) groups excluding carboxylic acids is 2. The number of aliphatic carboxylic acids is 1. The molecule has 202 valence electrons. The van der Waals surface area contributed by atoms with Crippen LogP contribution in [0, 0.1) is 11.8 Å². The van der Waals surface area contributed by atoms with Crippen molar-refractivity contribution in [3.05, 3.63) is 48.0 Å². The fraction of sp³-hybridized carbons (Fsp3) is 0.414. The van der Waals surface area contributed by atoms with Gasteiger partial charge in [-0.3, -0.25) is 24.2 Å². The van der Waals surface area contributed by atoms with E-state index in [1.165, 1.54) is 11.3 Å². The predicted octanol–water partition coefficient (Wildman–Crippen LogP) is 4.62. The SMILES string of the molecule is O=C(O)CC(CC1COC1)C(=O)N(c1nc(-c2ccccc2-c2ccc(N3CCCC3=O)nc2)cs1)C1CC1. The van der Waals surface area contributed by atoms with Crippen LogP contribution >= 0.6 is 11.3 Å². The second kappa shape index (κ2) is 10.9. The van der Waals surface area contributed by atoms with E-state index in [-0.39, 0.29) is 30.2 Å². The van der Waals surface area contributed by atoms with Gasteiger partial charge in [-0.1, -0.05) is 24.3 Å². The van der Waals surface area contributed by atoms with Gasteiger partial charge in [-0.05, 0) is 43.4 Å². The molecule has 0 spiro atoms. The Balaban J connectivity index is 1.26. The van der Waals surface area contributed by atoms with Crippen molar-refractivity contribution in [1.82, 2.24) is 9.97 Å². The molecule has 2 aromatic heterocycles. The van der Waals surface area contributed by atoms with E-state index in [2.05, 4.69) is 4.98 Å². The number of hydrogen-bond acceptors (Lipinski definition) is 7. The summed E-state index contributed by atoms with van der Waals surface area (Å²) >= 11 is 1.41. The topological polar surface area (TPSA) is 113 Å². The lowest BCUT2D eigenvalue weighted by molar-refractivity contribution is -0.142. The first-order valence-electron chi connectivity index (χ1n) is 13.4. The summed E-state index contributed by atoms with van der Waals surface area (Å²) in [6.07, 6.45) is 5.30. The molecule has 3 aromatic rings. The first-order chi connectivity index (χ1) is 19.0. The number of pyridine rings is 1. The predicted molar refractivity (Wildman–Crippen MR) is 148 cm³/mol. The molecule has 0 radical (unpaired) electrons. The van der Waals surface area contributed by atoms with Gasteiger partial charge in [-0.2, -0.15) is 0 Å². The van der Waals surface area contributed by atoms with Gasteiger partial charge in [0.1, 0.15) is 5.82 Å². The number of aromatic nitrogens is 2. The largest absolute Gasteiger partial charge is 0.481 e. The Morgan fingerprint density at radius 3 is 2.56 bits per heavy atom. The van der Waals surface area contributed by atoms with Crippen LogP contribution in [0.4, 0.5) is 10.9 Å². The number of nitrogens with zero attached hydrogens (tertiary/aromatic N) is 4. The molecular weight excluding hydrogens is 516 g/mol. The summed E-state index contributed by atoms with van der Waals surface area (Å²) in [4.78, 5) is 50.3. The molecule has 0 bridgehead atoms. The number of carboxylic acids is 1. The standard InChI is InChI=1S/C29H30N4O5S/c34-26-6-3-11-32(26)25-10-7-19(14-30-25)22-4-1-2-5-23(22)24-17-39-29(31-24)33(21-8-9-21)28(37)20(13-27(35)36)12-18-15-38-16-18/h1-2,4-5,7,10,14,17-18,20-21H,3,6,8-9,11-13,15-16H2,(H,35,36). The Morgan fingerprint density at radius 2 is 1.95 bits per heavy atom. The number of amides is 2. The fourth-order valence-electron chi connectivity index (χ4n) is 5.32. The quantitative estimate of drug-likeness (QED) is 0.395. The molecule has 1 unspecified atom stereocenters. The number of anilines is 2. The lowest BCUT2D eigenvalue weighted by Crippen LogP contribution is -2.41. The number of rotatable bonds is 10. The van der Waals surface area contributed by atoms with Gasteiger partial charge in [0.05, 0.1) is 25.3 Å². The first-order valence-corrected chi connectivity index (χ1v) is 14.3. The molecule has 4 heterocycles. The van der Waals surface area contributed by atoms with E-state index in [1.807, 2.05) is 41.8 Å². The summed E-state index contributed by atoms with van der Waals surface area (Å²) in [6, 6.07) is 11.8. The number of carboxylic acid groups (broad SMARTS) is 1. The molecule has 1 atom stereocenters. The highest BCUT2D eigenvalue weighted by Gasteiger charge is 2.40. The van der Waals surface area contributed by atoms with E-state index < -0.39 is 11.9 Å². The Hall–Kier alpha value is -3.63. The van der Waals surface area contributed by atoms with E-state index in [4.69, 9.17) is 9.72 Å². The van der Waals surface area contributed by atoms with Gasteiger partial charge in [0.2, 0.25) is 11.8 Å². The summed E-state index contributed by atoms with van der Waals surface area (Å²) in [5, 5.41) is 12.0. The maximum Gasteiger partial charge on any atom is 0.304 e. The molecular formula is C29H30N4O5S. The van der Waals surface area contributed by atoms with Crippen LogP contribution in [0.15, 0.2) is 48.0 Å². The third-order valence-electron chi connectivity index (χ3n) is 7.55. The van der Waals surface area contributed by atoms with Crippen LogP contribution in [-0.2, 0) is 19.1 Å². The normalized spacial score (nSPS) is 18.2. The van der Waals surface area contributed by atoms with Crippen LogP contribution in [-0.4, -0.2) is 58.7 Å². The van der Waals surface area contributed by atoms with Crippen LogP contribution in [0.3, 0.4) is 0 Å². The molecule has 6 rings (SSSR count). The second-order valence-electron chi connectivity index (χ2n) is 10.5. The number of benzene rings is 1. The second-order valence-corrected chi connectivity index (χ2v) is 11.3. The Bertz CT molecular complexity index is 1380. The molecule has 10 heteroatoms. The lowest BCUT2D eigenvalue weighted by atomic mass is 9.89. The molecule has 2 amide bonds. The maximum atomic E-state index is 13.7. The molecule has 2 saturated heterocycles. The molecule has 9 nitrogen and oxygen atoms in total. The van der Waals surface area contributed by atoms with Gasteiger partial charge in [-0.15, -0.1) is 11.3 Å². The van der Waals surface area contributed by atoms with E-state index in [9.17, 15) is 19.5 Å². The summed E-state index contributed by atoms with van der Waals surface area (Å²) in [6.45, 7) is 1.85. The van der Waals surface area contributed by atoms with Gasteiger partial charge in [0.25, 0.3) is 0 Å². The van der Waals surface area contributed by atoms with Crippen molar-refractivity contribution >= 4 is 40.1 Å².